The van der Waals surface area contributed by atoms with Gasteiger partial charge >= 0.3 is 0 Å². The van der Waals surface area contributed by atoms with Crippen LogP contribution < -0.4 is 5.73 Å². The highest BCUT2D eigenvalue weighted by atomic mass is 19.1. The highest BCUT2D eigenvalue weighted by molar-refractivity contribution is 5.27. The standard InChI is InChI=1S/C17H19F2N/c1-12-5-6-17(19)10-15(12)8-14(11-20)7-13-3-2-4-16(18)9-13/h2-6,9-10,14H,7-8,11,20H2,1H3. The second-order valence-electron chi connectivity index (χ2n) is 5.21. The monoisotopic (exact) mass is 275 g/mol. The van der Waals surface area contributed by atoms with Gasteiger partial charge in [-0.05, 0) is 73.2 Å². The Labute approximate surface area is 118 Å². The Hall–Kier alpha value is -1.74. The van der Waals surface area contributed by atoms with Crippen LogP contribution in [0.3, 0.4) is 0 Å². The fourth-order valence-corrected chi connectivity index (χ4v) is 2.41. The zero-order chi connectivity index (χ0) is 14.5. The molecule has 0 saturated carbocycles. The van der Waals surface area contributed by atoms with E-state index in [0.717, 1.165) is 16.7 Å². The van der Waals surface area contributed by atoms with E-state index in [4.69, 9.17) is 5.73 Å². The smallest absolute Gasteiger partial charge is 0.123 e. The van der Waals surface area contributed by atoms with Gasteiger partial charge in [-0.2, -0.15) is 0 Å². The molecule has 2 aromatic carbocycles. The molecule has 0 fully saturated rings. The number of nitrogens with two attached hydrogens (primary N) is 1. The highest BCUT2D eigenvalue weighted by Gasteiger charge is 2.12. The molecule has 1 atom stereocenters. The Morgan fingerprint density at radius 1 is 1.00 bits per heavy atom. The third kappa shape index (κ3) is 3.87. The molecule has 20 heavy (non-hydrogen) atoms. The van der Waals surface area contributed by atoms with Crippen molar-refractivity contribution in [3.8, 4) is 0 Å². The van der Waals surface area contributed by atoms with Crippen LogP contribution in [-0.2, 0) is 12.8 Å². The lowest BCUT2D eigenvalue weighted by atomic mass is 9.91. The minimum Gasteiger partial charge on any atom is -0.330 e. The van der Waals surface area contributed by atoms with E-state index in [1.807, 2.05) is 13.0 Å². The van der Waals surface area contributed by atoms with Gasteiger partial charge in [0.1, 0.15) is 11.6 Å². The van der Waals surface area contributed by atoms with Gasteiger partial charge in [0, 0.05) is 0 Å². The topological polar surface area (TPSA) is 26.0 Å². The molecule has 2 rings (SSSR count). The normalized spacial score (nSPS) is 12.4. The molecule has 0 aromatic heterocycles. The molecule has 1 nitrogen and oxygen atoms in total. The van der Waals surface area contributed by atoms with Crippen LogP contribution in [0.5, 0.6) is 0 Å². The van der Waals surface area contributed by atoms with Gasteiger partial charge in [-0.3, -0.25) is 0 Å². The summed E-state index contributed by atoms with van der Waals surface area (Å²) in [6.45, 7) is 2.46. The molecule has 0 aliphatic carbocycles. The number of benzene rings is 2. The molecule has 106 valence electrons. The van der Waals surface area contributed by atoms with Crippen molar-refractivity contribution in [2.75, 3.05) is 6.54 Å². The van der Waals surface area contributed by atoms with Gasteiger partial charge in [0.15, 0.2) is 0 Å². The summed E-state index contributed by atoms with van der Waals surface area (Å²) in [4.78, 5) is 0. The van der Waals surface area contributed by atoms with Crippen LogP contribution in [0, 0.1) is 24.5 Å². The SMILES string of the molecule is Cc1ccc(F)cc1CC(CN)Cc1cccc(F)c1. The molecule has 3 heteroatoms. The van der Waals surface area contributed by atoms with Gasteiger partial charge in [0.05, 0.1) is 0 Å². The van der Waals surface area contributed by atoms with Gasteiger partial charge in [-0.25, -0.2) is 8.78 Å². The lowest BCUT2D eigenvalue weighted by Crippen LogP contribution is -2.20. The van der Waals surface area contributed by atoms with Crippen molar-refractivity contribution in [1.29, 1.82) is 0 Å². The first-order valence-corrected chi connectivity index (χ1v) is 6.78. The molecular formula is C17H19F2N. The van der Waals surface area contributed by atoms with E-state index in [9.17, 15) is 8.78 Å². The molecule has 1 unspecified atom stereocenters. The average molecular weight is 275 g/mol. The van der Waals surface area contributed by atoms with Crippen molar-refractivity contribution in [3.63, 3.8) is 0 Å². The van der Waals surface area contributed by atoms with E-state index in [0.29, 0.717) is 19.4 Å². The third-order valence-corrected chi connectivity index (χ3v) is 3.57. The van der Waals surface area contributed by atoms with Crippen LogP contribution in [0.15, 0.2) is 42.5 Å². The minimum absolute atomic E-state index is 0.178. The Morgan fingerprint density at radius 3 is 2.45 bits per heavy atom. The Balaban J connectivity index is 2.11. The summed E-state index contributed by atoms with van der Waals surface area (Å²) in [5.74, 6) is -0.287. The molecule has 0 bridgehead atoms. The van der Waals surface area contributed by atoms with E-state index < -0.39 is 0 Å². The zero-order valence-electron chi connectivity index (χ0n) is 11.6. The van der Waals surface area contributed by atoms with Crippen molar-refractivity contribution in [1.82, 2.24) is 0 Å². The maximum atomic E-state index is 13.3. The fraction of sp³-hybridized carbons (Fsp3) is 0.294. The second kappa shape index (κ2) is 6.62. The predicted octanol–water partition coefficient (Wildman–Crippen LogP) is 3.63. The van der Waals surface area contributed by atoms with Crippen LogP contribution in [0.2, 0.25) is 0 Å². The van der Waals surface area contributed by atoms with E-state index in [2.05, 4.69) is 0 Å². The van der Waals surface area contributed by atoms with Gasteiger partial charge in [-0.15, -0.1) is 0 Å². The van der Waals surface area contributed by atoms with Gasteiger partial charge in [-0.1, -0.05) is 18.2 Å². The summed E-state index contributed by atoms with van der Waals surface area (Å²) in [6, 6.07) is 11.3. The number of rotatable bonds is 5. The minimum atomic E-state index is -0.236. The number of aryl methyl sites for hydroxylation is 1. The summed E-state index contributed by atoms with van der Waals surface area (Å²) < 4.78 is 26.5. The molecule has 0 aliphatic rings. The number of hydrogen-bond donors (Lipinski definition) is 1. The maximum absolute atomic E-state index is 13.3. The van der Waals surface area contributed by atoms with Gasteiger partial charge in [0.2, 0.25) is 0 Å². The molecule has 0 radical (unpaired) electrons. The van der Waals surface area contributed by atoms with Crippen molar-refractivity contribution in [2.24, 2.45) is 11.7 Å². The maximum Gasteiger partial charge on any atom is 0.123 e. The Kier molecular flexibility index (Phi) is 4.85. The fourth-order valence-electron chi connectivity index (χ4n) is 2.41. The van der Waals surface area contributed by atoms with Crippen LogP contribution in [0.25, 0.3) is 0 Å². The molecule has 0 spiro atoms. The summed E-state index contributed by atoms with van der Waals surface area (Å²) in [6.07, 6.45) is 1.40. The molecule has 0 amide bonds. The van der Waals surface area contributed by atoms with Crippen molar-refractivity contribution >= 4 is 0 Å². The van der Waals surface area contributed by atoms with Crippen LogP contribution in [0.1, 0.15) is 16.7 Å². The van der Waals surface area contributed by atoms with Crippen molar-refractivity contribution < 1.29 is 8.78 Å². The van der Waals surface area contributed by atoms with Crippen LogP contribution in [-0.4, -0.2) is 6.54 Å². The lowest BCUT2D eigenvalue weighted by molar-refractivity contribution is 0.526. The highest BCUT2D eigenvalue weighted by Crippen LogP contribution is 2.18. The van der Waals surface area contributed by atoms with E-state index in [1.165, 1.54) is 18.2 Å². The largest absolute Gasteiger partial charge is 0.330 e. The van der Waals surface area contributed by atoms with Gasteiger partial charge in [0.25, 0.3) is 0 Å². The summed E-state index contributed by atoms with van der Waals surface area (Å²) in [5.41, 5.74) is 8.76. The van der Waals surface area contributed by atoms with Crippen molar-refractivity contribution in [2.45, 2.75) is 19.8 Å². The van der Waals surface area contributed by atoms with Crippen molar-refractivity contribution in [3.05, 3.63) is 70.8 Å². The first-order valence-electron chi connectivity index (χ1n) is 6.78. The Morgan fingerprint density at radius 2 is 1.75 bits per heavy atom. The first-order chi connectivity index (χ1) is 9.58. The lowest BCUT2D eigenvalue weighted by Gasteiger charge is -2.16. The van der Waals surface area contributed by atoms with E-state index in [1.54, 1.807) is 18.2 Å². The van der Waals surface area contributed by atoms with E-state index in [-0.39, 0.29) is 17.6 Å². The molecular weight excluding hydrogens is 256 g/mol. The molecule has 2 aromatic rings. The molecule has 2 N–H and O–H groups in total. The summed E-state index contributed by atoms with van der Waals surface area (Å²) >= 11 is 0. The Bertz CT molecular complexity index is 581. The quantitative estimate of drug-likeness (QED) is 0.886. The number of halogens is 2. The molecule has 0 saturated heterocycles. The summed E-state index contributed by atoms with van der Waals surface area (Å²) in [5, 5.41) is 0. The first kappa shape index (κ1) is 14.7. The molecule has 0 heterocycles. The van der Waals surface area contributed by atoms with Gasteiger partial charge < -0.3 is 5.73 Å². The number of hydrogen-bond acceptors (Lipinski definition) is 1. The van der Waals surface area contributed by atoms with Crippen LogP contribution in [0.4, 0.5) is 8.78 Å². The zero-order valence-corrected chi connectivity index (χ0v) is 11.6. The van der Waals surface area contributed by atoms with Crippen LogP contribution >= 0.6 is 0 Å². The third-order valence-electron chi connectivity index (χ3n) is 3.57. The second-order valence-corrected chi connectivity index (χ2v) is 5.21. The average Bonchev–Trinajstić information content (AvgIpc) is 2.42. The molecule has 0 aliphatic heterocycles. The van der Waals surface area contributed by atoms with E-state index >= 15 is 0 Å². The predicted molar refractivity (Wildman–Crippen MR) is 77.5 cm³/mol. The summed E-state index contributed by atoms with van der Waals surface area (Å²) in [7, 11) is 0.